The van der Waals surface area contributed by atoms with Crippen molar-refractivity contribution >= 4 is 5.69 Å². The van der Waals surface area contributed by atoms with Crippen LogP contribution in [0.2, 0.25) is 0 Å². The number of ether oxygens (including phenoxy) is 1. The number of hydrogen-bond donors (Lipinski definition) is 1. The summed E-state index contributed by atoms with van der Waals surface area (Å²) in [7, 11) is 0. The van der Waals surface area contributed by atoms with E-state index in [1.165, 1.54) is 12.1 Å². The van der Waals surface area contributed by atoms with E-state index >= 15 is 0 Å². The van der Waals surface area contributed by atoms with Gasteiger partial charge in [-0.1, -0.05) is 30.3 Å². The van der Waals surface area contributed by atoms with Crippen molar-refractivity contribution in [2.24, 2.45) is 0 Å². The van der Waals surface area contributed by atoms with Gasteiger partial charge in [0, 0.05) is 16.8 Å². The summed E-state index contributed by atoms with van der Waals surface area (Å²) in [4.78, 5) is 0. The number of hydrogen-bond acceptors (Lipinski definition) is 2. The van der Waals surface area contributed by atoms with Crippen molar-refractivity contribution < 1.29 is 17.9 Å². The average Bonchev–Trinajstić information content (AvgIpc) is 2.46. The van der Waals surface area contributed by atoms with E-state index in [9.17, 15) is 13.2 Å². The first kappa shape index (κ1) is 13.0. The first-order valence-corrected chi connectivity index (χ1v) is 6.17. The molecule has 1 atom stereocenters. The molecule has 0 aromatic heterocycles. The maximum absolute atomic E-state index is 12.5. The Labute approximate surface area is 114 Å². The molecule has 20 heavy (non-hydrogen) atoms. The molecular formula is C15H12F3NO. The van der Waals surface area contributed by atoms with Crippen LogP contribution < -0.4 is 5.32 Å². The highest BCUT2D eigenvalue weighted by Gasteiger charge is 2.30. The first-order valence-electron chi connectivity index (χ1n) is 6.17. The largest absolute Gasteiger partial charge is 0.416 e. The molecule has 1 unspecified atom stereocenters. The van der Waals surface area contributed by atoms with E-state index in [1.54, 1.807) is 0 Å². The lowest BCUT2D eigenvalue weighted by Crippen LogP contribution is -2.20. The topological polar surface area (TPSA) is 21.3 Å². The number of para-hydroxylation sites is 1. The molecule has 1 heterocycles. The second-order valence-corrected chi connectivity index (χ2v) is 4.61. The van der Waals surface area contributed by atoms with Crippen LogP contribution in [-0.4, -0.2) is 0 Å². The van der Waals surface area contributed by atoms with E-state index in [0.717, 1.165) is 23.4 Å². The minimum atomic E-state index is -4.31. The third-order valence-electron chi connectivity index (χ3n) is 3.25. The first-order chi connectivity index (χ1) is 9.54. The molecule has 0 radical (unpaired) electrons. The summed E-state index contributed by atoms with van der Waals surface area (Å²) in [5.74, 6) is 0. The molecular weight excluding hydrogens is 267 g/mol. The van der Waals surface area contributed by atoms with Crippen LogP contribution >= 0.6 is 0 Å². The summed E-state index contributed by atoms with van der Waals surface area (Å²) in [6.45, 7) is 0.439. The maximum atomic E-state index is 12.5. The molecule has 3 rings (SSSR count). The molecule has 1 aliphatic rings. The van der Waals surface area contributed by atoms with Crippen LogP contribution in [0, 0.1) is 0 Å². The fourth-order valence-corrected chi connectivity index (χ4v) is 2.17. The van der Waals surface area contributed by atoms with Gasteiger partial charge in [0.05, 0.1) is 12.2 Å². The summed E-state index contributed by atoms with van der Waals surface area (Å²) < 4.78 is 43.2. The van der Waals surface area contributed by atoms with Gasteiger partial charge in [0.2, 0.25) is 0 Å². The van der Waals surface area contributed by atoms with Crippen LogP contribution in [0.25, 0.3) is 0 Å². The molecule has 5 heteroatoms. The Bertz CT molecular complexity index is 607. The standard InChI is InChI=1S/C15H12F3NO/c16-15(17,18)12-7-5-10(6-8-12)14-19-13-4-2-1-3-11(13)9-20-14/h1-8,14,19H,9H2. The maximum Gasteiger partial charge on any atom is 0.416 e. The van der Waals surface area contributed by atoms with E-state index in [1.807, 2.05) is 24.3 Å². The second kappa shape index (κ2) is 4.83. The van der Waals surface area contributed by atoms with Gasteiger partial charge in [-0.15, -0.1) is 0 Å². The van der Waals surface area contributed by atoms with Gasteiger partial charge in [-0.2, -0.15) is 13.2 Å². The Morgan fingerprint density at radius 2 is 1.70 bits per heavy atom. The molecule has 2 aromatic carbocycles. The number of anilines is 1. The molecule has 2 aromatic rings. The quantitative estimate of drug-likeness (QED) is 0.838. The lowest BCUT2D eigenvalue weighted by molar-refractivity contribution is -0.137. The number of benzene rings is 2. The van der Waals surface area contributed by atoms with E-state index < -0.39 is 18.0 Å². The molecule has 1 aliphatic heterocycles. The fourth-order valence-electron chi connectivity index (χ4n) is 2.17. The average molecular weight is 279 g/mol. The predicted octanol–water partition coefficient (Wildman–Crippen LogP) is 4.35. The number of halogens is 3. The van der Waals surface area contributed by atoms with Gasteiger partial charge in [0.25, 0.3) is 0 Å². The summed E-state index contributed by atoms with van der Waals surface area (Å²) in [5.41, 5.74) is 2.00. The van der Waals surface area contributed by atoms with Crippen molar-refractivity contribution in [3.05, 3.63) is 65.2 Å². The zero-order chi connectivity index (χ0) is 14.2. The minimum Gasteiger partial charge on any atom is -0.356 e. The van der Waals surface area contributed by atoms with Crippen LogP contribution in [0.1, 0.15) is 22.9 Å². The van der Waals surface area contributed by atoms with Crippen molar-refractivity contribution in [2.45, 2.75) is 19.0 Å². The van der Waals surface area contributed by atoms with Gasteiger partial charge >= 0.3 is 6.18 Å². The van der Waals surface area contributed by atoms with Crippen molar-refractivity contribution in [1.82, 2.24) is 0 Å². The predicted molar refractivity (Wildman–Crippen MR) is 69.0 cm³/mol. The highest BCUT2D eigenvalue weighted by molar-refractivity contribution is 5.53. The molecule has 2 nitrogen and oxygen atoms in total. The van der Waals surface area contributed by atoms with E-state index in [-0.39, 0.29) is 0 Å². The number of rotatable bonds is 1. The summed E-state index contributed by atoms with van der Waals surface area (Å²) in [6, 6.07) is 12.7. The monoisotopic (exact) mass is 279 g/mol. The van der Waals surface area contributed by atoms with Gasteiger partial charge in [-0.25, -0.2) is 0 Å². The molecule has 0 fully saturated rings. The van der Waals surface area contributed by atoms with Crippen molar-refractivity contribution in [2.75, 3.05) is 5.32 Å². The van der Waals surface area contributed by atoms with Gasteiger partial charge in [-0.3, -0.25) is 0 Å². The van der Waals surface area contributed by atoms with Crippen LogP contribution in [-0.2, 0) is 17.5 Å². The molecule has 0 bridgehead atoms. The van der Waals surface area contributed by atoms with Crippen molar-refractivity contribution in [1.29, 1.82) is 0 Å². The third kappa shape index (κ3) is 2.49. The SMILES string of the molecule is FC(F)(F)c1ccc(C2Nc3ccccc3CO2)cc1. The molecule has 0 aliphatic carbocycles. The molecule has 104 valence electrons. The zero-order valence-electron chi connectivity index (χ0n) is 10.4. The van der Waals surface area contributed by atoms with Crippen LogP contribution in [0.3, 0.4) is 0 Å². The summed E-state index contributed by atoms with van der Waals surface area (Å²) in [6.07, 6.45) is -4.74. The molecule has 0 saturated carbocycles. The number of fused-ring (bicyclic) bond motifs is 1. The highest BCUT2D eigenvalue weighted by Crippen LogP contribution is 2.33. The second-order valence-electron chi connectivity index (χ2n) is 4.61. The van der Waals surface area contributed by atoms with E-state index in [0.29, 0.717) is 12.2 Å². The lowest BCUT2D eigenvalue weighted by Gasteiger charge is -2.27. The minimum absolute atomic E-state index is 0.424. The molecule has 1 N–H and O–H groups in total. The Morgan fingerprint density at radius 1 is 1.00 bits per heavy atom. The van der Waals surface area contributed by atoms with Gasteiger partial charge < -0.3 is 10.1 Å². The van der Waals surface area contributed by atoms with Crippen LogP contribution in [0.5, 0.6) is 0 Å². The van der Waals surface area contributed by atoms with Crippen molar-refractivity contribution in [3.8, 4) is 0 Å². The summed E-state index contributed by atoms with van der Waals surface area (Å²) in [5, 5.41) is 3.17. The third-order valence-corrected chi connectivity index (χ3v) is 3.25. The van der Waals surface area contributed by atoms with Gasteiger partial charge in [-0.05, 0) is 18.2 Å². The Hall–Kier alpha value is -2.01. The van der Waals surface area contributed by atoms with Gasteiger partial charge in [0.15, 0.2) is 6.23 Å². The highest BCUT2D eigenvalue weighted by atomic mass is 19.4. The van der Waals surface area contributed by atoms with Crippen LogP contribution in [0.15, 0.2) is 48.5 Å². The zero-order valence-corrected chi connectivity index (χ0v) is 10.4. The lowest BCUT2D eigenvalue weighted by atomic mass is 10.1. The Kier molecular flexibility index (Phi) is 3.14. The molecule has 0 amide bonds. The van der Waals surface area contributed by atoms with Crippen LogP contribution in [0.4, 0.5) is 18.9 Å². The smallest absolute Gasteiger partial charge is 0.356 e. The normalized spacial score (nSPS) is 18.2. The Morgan fingerprint density at radius 3 is 2.40 bits per heavy atom. The fraction of sp³-hybridized carbons (Fsp3) is 0.200. The van der Waals surface area contributed by atoms with Crippen molar-refractivity contribution in [3.63, 3.8) is 0 Å². The van der Waals surface area contributed by atoms with E-state index in [2.05, 4.69) is 5.32 Å². The number of alkyl halides is 3. The van der Waals surface area contributed by atoms with Gasteiger partial charge in [0.1, 0.15) is 0 Å². The number of nitrogens with one attached hydrogen (secondary N) is 1. The van der Waals surface area contributed by atoms with E-state index in [4.69, 9.17) is 4.74 Å². The molecule has 0 saturated heterocycles. The molecule has 0 spiro atoms. The summed E-state index contributed by atoms with van der Waals surface area (Å²) >= 11 is 0. The Balaban J connectivity index is 1.81.